The van der Waals surface area contributed by atoms with Crippen molar-refractivity contribution in [3.05, 3.63) is 48.3 Å². The molecule has 6 nitrogen and oxygen atoms in total. The summed E-state index contributed by atoms with van der Waals surface area (Å²) < 4.78 is 2.18. The van der Waals surface area contributed by atoms with Gasteiger partial charge >= 0.3 is 0 Å². The predicted octanol–water partition coefficient (Wildman–Crippen LogP) is 2.22. The molecule has 3 rings (SSSR count). The third-order valence-electron chi connectivity index (χ3n) is 5.04. The van der Waals surface area contributed by atoms with Crippen LogP contribution in [0.5, 0.6) is 0 Å². The number of nitrogens with zero attached hydrogens (tertiary/aromatic N) is 5. The third-order valence-corrected chi connectivity index (χ3v) is 5.04. The van der Waals surface area contributed by atoms with Crippen molar-refractivity contribution in [1.29, 1.82) is 0 Å². The van der Waals surface area contributed by atoms with Crippen LogP contribution in [0.4, 0.5) is 0 Å². The fourth-order valence-corrected chi connectivity index (χ4v) is 3.60. The minimum Gasteiger partial charge on any atom is -0.353 e. The number of carbonyl (C=O) groups is 1. The summed E-state index contributed by atoms with van der Waals surface area (Å²) in [5.41, 5.74) is 2.32. The molecule has 2 aromatic rings. The zero-order chi connectivity index (χ0) is 17.6. The maximum absolute atomic E-state index is 12.2. The van der Waals surface area contributed by atoms with E-state index in [2.05, 4.69) is 44.8 Å². The van der Waals surface area contributed by atoms with Gasteiger partial charge in [0.25, 0.3) is 0 Å². The van der Waals surface area contributed by atoms with E-state index >= 15 is 0 Å². The fraction of sp³-hybridized carbons (Fsp3) is 0.526. The van der Waals surface area contributed by atoms with E-state index in [-0.39, 0.29) is 11.9 Å². The summed E-state index contributed by atoms with van der Waals surface area (Å²) in [6.07, 6.45) is 10.4. The van der Waals surface area contributed by atoms with Gasteiger partial charge in [0.05, 0.1) is 0 Å². The molecule has 0 spiro atoms. The minimum absolute atomic E-state index is 0.129. The number of hydrogen-bond donors (Lipinski definition) is 0. The summed E-state index contributed by atoms with van der Waals surface area (Å²) in [5, 5.41) is 0. The lowest BCUT2D eigenvalue weighted by atomic mass is 10.1. The molecule has 0 aliphatic carbocycles. The van der Waals surface area contributed by atoms with Gasteiger partial charge in [-0.1, -0.05) is 0 Å². The van der Waals surface area contributed by atoms with Crippen LogP contribution in [0.3, 0.4) is 0 Å². The maximum atomic E-state index is 12.2. The highest BCUT2D eigenvalue weighted by Gasteiger charge is 2.25. The summed E-state index contributed by atoms with van der Waals surface area (Å²) >= 11 is 0. The van der Waals surface area contributed by atoms with Crippen LogP contribution in [-0.2, 0) is 24.9 Å². The molecule has 0 saturated carbocycles. The molecule has 0 aromatic carbocycles. The number of aryl methyl sites for hydroxylation is 1. The Hall–Kier alpha value is -2.21. The molecule has 1 saturated heterocycles. The lowest BCUT2D eigenvalue weighted by molar-refractivity contribution is -0.132. The summed E-state index contributed by atoms with van der Waals surface area (Å²) in [7, 11) is 2.09. The number of carbonyl (C=O) groups excluding carboxylic acids is 1. The van der Waals surface area contributed by atoms with Gasteiger partial charge in [-0.2, -0.15) is 0 Å². The molecule has 1 aliphatic heterocycles. The Balaban J connectivity index is 1.62. The van der Waals surface area contributed by atoms with E-state index in [1.807, 2.05) is 4.90 Å². The van der Waals surface area contributed by atoms with Crippen LogP contribution in [0.25, 0.3) is 0 Å². The van der Waals surface area contributed by atoms with Crippen molar-refractivity contribution >= 4 is 5.91 Å². The second kappa shape index (κ2) is 8.25. The summed E-state index contributed by atoms with van der Waals surface area (Å²) in [4.78, 5) is 24.8. The van der Waals surface area contributed by atoms with Crippen molar-refractivity contribution in [2.75, 3.05) is 13.1 Å². The molecular formula is C19H27N5O. The lowest BCUT2D eigenvalue weighted by Crippen LogP contribution is -2.39. The van der Waals surface area contributed by atoms with Crippen LogP contribution in [0.1, 0.15) is 37.4 Å². The molecule has 6 heteroatoms. The molecule has 3 heterocycles. The van der Waals surface area contributed by atoms with Crippen LogP contribution >= 0.6 is 0 Å². The Morgan fingerprint density at radius 1 is 1.28 bits per heavy atom. The van der Waals surface area contributed by atoms with E-state index in [9.17, 15) is 4.79 Å². The third kappa shape index (κ3) is 4.66. The molecule has 1 fully saturated rings. The number of likely N-dealkylation sites (tertiary alicyclic amines) is 1. The van der Waals surface area contributed by atoms with E-state index in [0.717, 1.165) is 44.5 Å². The quantitative estimate of drug-likeness (QED) is 0.837. The van der Waals surface area contributed by atoms with Crippen LogP contribution in [0, 0.1) is 0 Å². The van der Waals surface area contributed by atoms with Crippen LogP contribution in [0.15, 0.2) is 37.1 Å². The second-order valence-electron chi connectivity index (χ2n) is 6.86. The van der Waals surface area contributed by atoms with E-state index in [4.69, 9.17) is 0 Å². The van der Waals surface area contributed by atoms with Crippen molar-refractivity contribution in [2.24, 2.45) is 7.05 Å². The Morgan fingerprint density at radius 2 is 2.08 bits per heavy atom. The Kier molecular flexibility index (Phi) is 5.81. The molecule has 1 atom stereocenters. The first kappa shape index (κ1) is 17.6. The van der Waals surface area contributed by atoms with Gasteiger partial charge in [0.2, 0.25) is 5.91 Å². The van der Waals surface area contributed by atoms with E-state index in [1.165, 1.54) is 12.0 Å². The molecule has 134 valence electrons. The second-order valence-corrected chi connectivity index (χ2v) is 6.86. The van der Waals surface area contributed by atoms with Gasteiger partial charge in [0.1, 0.15) is 6.33 Å². The molecule has 0 N–H and O–H groups in total. The minimum atomic E-state index is 0.129. The summed E-state index contributed by atoms with van der Waals surface area (Å²) in [6, 6.07) is 4.56. The van der Waals surface area contributed by atoms with Gasteiger partial charge in [-0.25, -0.2) is 9.97 Å². The molecule has 0 radical (unpaired) electrons. The smallest absolute Gasteiger partial charge is 0.219 e. The number of rotatable bonds is 5. The maximum Gasteiger partial charge on any atom is 0.219 e. The van der Waals surface area contributed by atoms with Crippen molar-refractivity contribution in [2.45, 2.75) is 45.3 Å². The van der Waals surface area contributed by atoms with Gasteiger partial charge < -0.3 is 9.47 Å². The summed E-state index contributed by atoms with van der Waals surface area (Å²) in [6.45, 7) is 5.34. The summed E-state index contributed by atoms with van der Waals surface area (Å²) in [5.74, 6) is 0.129. The molecular weight excluding hydrogens is 314 g/mol. The fourth-order valence-electron chi connectivity index (χ4n) is 3.60. The van der Waals surface area contributed by atoms with Crippen molar-refractivity contribution in [3.63, 3.8) is 0 Å². The molecule has 25 heavy (non-hydrogen) atoms. The van der Waals surface area contributed by atoms with Gasteiger partial charge in [-0.05, 0) is 37.9 Å². The molecule has 0 bridgehead atoms. The highest BCUT2D eigenvalue weighted by molar-refractivity contribution is 5.73. The zero-order valence-electron chi connectivity index (χ0n) is 15.1. The standard InChI is InChI=1S/C19H27N5O/c1-16(25)24(13-17-11-20-15-21-12-17)18-5-4-9-23(10-7-18)14-19-6-3-8-22(19)2/h3,6,8,11-12,15,18H,4-5,7,9-10,13-14H2,1-2H3. The van der Waals surface area contributed by atoms with E-state index in [1.54, 1.807) is 19.3 Å². The van der Waals surface area contributed by atoms with Crippen molar-refractivity contribution < 1.29 is 4.79 Å². The topological polar surface area (TPSA) is 54.3 Å². The molecule has 1 aliphatic rings. The van der Waals surface area contributed by atoms with Crippen molar-refractivity contribution in [1.82, 2.24) is 24.3 Å². The van der Waals surface area contributed by atoms with Crippen LogP contribution < -0.4 is 0 Å². The number of hydrogen-bond acceptors (Lipinski definition) is 4. The first-order valence-electron chi connectivity index (χ1n) is 8.97. The van der Waals surface area contributed by atoms with Gasteiger partial charge in [0.15, 0.2) is 0 Å². The molecule has 1 amide bonds. The SMILES string of the molecule is CC(=O)N(Cc1cncnc1)C1CCCN(Cc2cccn2C)CC1. The van der Waals surface area contributed by atoms with Gasteiger partial charge in [-0.15, -0.1) is 0 Å². The molecule has 2 aromatic heterocycles. The average Bonchev–Trinajstić information content (AvgIpc) is 2.87. The average molecular weight is 341 g/mol. The molecule has 1 unspecified atom stereocenters. The van der Waals surface area contributed by atoms with Crippen LogP contribution in [0.2, 0.25) is 0 Å². The van der Waals surface area contributed by atoms with E-state index < -0.39 is 0 Å². The van der Waals surface area contributed by atoms with Crippen molar-refractivity contribution in [3.8, 4) is 0 Å². The number of aromatic nitrogens is 3. The number of amides is 1. The normalized spacial score (nSPS) is 18.7. The largest absolute Gasteiger partial charge is 0.353 e. The zero-order valence-corrected chi connectivity index (χ0v) is 15.1. The highest BCUT2D eigenvalue weighted by atomic mass is 16.2. The monoisotopic (exact) mass is 341 g/mol. The highest BCUT2D eigenvalue weighted by Crippen LogP contribution is 2.20. The van der Waals surface area contributed by atoms with Gasteiger partial charge in [0, 0.05) is 69.5 Å². The Morgan fingerprint density at radius 3 is 2.76 bits per heavy atom. The first-order valence-corrected chi connectivity index (χ1v) is 8.97. The Labute approximate surface area is 149 Å². The first-order chi connectivity index (χ1) is 12.1. The lowest BCUT2D eigenvalue weighted by Gasteiger charge is -2.30. The van der Waals surface area contributed by atoms with E-state index in [0.29, 0.717) is 6.54 Å². The Bertz CT molecular complexity index is 684. The van der Waals surface area contributed by atoms with Crippen LogP contribution in [-0.4, -0.2) is 49.4 Å². The predicted molar refractivity (Wildman–Crippen MR) is 96.6 cm³/mol. The van der Waals surface area contributed by atoms with Gasteiger partial charge in [-0.3, -0.25) is 9.69 Å².